The first-order chi connectivity index (χ1) is 10.7. The molecule has 1 aliphatic rings. The van der Waals surface area contributed by atoms with E-state index in [2.05, 4.69) is 44.0 Å². The van der Waals surface area contributed by atoms with Crippen LogP contribution in [0.25, 0.3) is 27.4 Å². The molecule has 0 unspecified atom stereocenters. The molecule has 0 fully saturated rings. The maximum atomic E-state index is 6.21. The SMILES string of the molecule is CCCC1=C(C)c2cccc3c2c(cc2nc(CC)oc23)O1. The van der Waals surface area contributed by atoms with Gasteiger partial charge in [0.05, 0.1) is 0 Å². The lowest BCUT2D eigenvalue weighted by molar-refractivity contribution is 0.406. The first kappa shape index (κ1) is 13.4. The molecule has 3 aromatic rings. The largest absolute Gasteiger partial charge is 0.461 e. The van der Waals surface area contributed by atoms with E-state index in [1.165, 1.54) is 11.1 Å². The predicted octanol–water partition coefficient (Wildman–Crippen LogP) is 5.47. The average Bonchev–Trinajstić information content (AvgIpc) is 2.95. The number of allylic oxidation sites excluding steroid dienone is 2. The van der Waals surface area contributed by atoms with Crippen LogP contribution in [-0.4, -0.2) is 4.98 Å². The summed E-state index contributed by atoms with van der Waals surface area (Å²) in [6, 6.07) is 8.37. The van der Waals surface area contributed by atoms with Gasteiger partial charge >= 0.3 is 0 Å². The molecule has 0 radical (unpaired) electrons. The van der Waals surface area contributed by atoms with Crippen molar-refractivity contribution in [2.45, 2.75) is 40.0 Å². The van der Waals surface area contributed by atoms with Gasteiger partial charge in [0.1, 0.15) is 17.0 Å². The fraction of sp³-hybridized carbons (Fsp3) is 0.316. The molecular weight excluding hydrogens is 274 g/mol. The molecule has 2 aromatic carbocycles. The maximum Gasteiger partial charge on any atom is 0.195 e. The summed E-state index contributed by atoms with van der Waals surface area (Å²) in [7, 11) is 0. The van der Waals surface area contributed by atoms with E-state index in [1.54, 1.807) is 0 Å². The van der Waals surface area contributed by atoms with Gasteiger partial charge in [-0.3, -0.25) is 0 Å². The summed E-state index contributed by atoms with van der Waals surface area (Å²) in [5, 5.41) is 2.23. The summed E-state index contributed by atoms with van der Waals surface area (Å²) >= 11 is 0. The Balaban J connectivity index is 2.08. The maximum absolute atomic E-state index is 6.21. The topological polar surface area (TPSA) is 35.3 Å². The standard InChI is InChI=1S/C19H19NO2/c1-4-7-15-11(3)12-8-6-9-13-18(12)16(21-15)10-14-19(13)22-17(5-2)20-14/h6,8-10H,4-5,7H2,1-3H3. The van der Waals surface area contributed by atoms with Crippen LogP contribution >= 0.6 is 0 Å². The van der Waals surface area contributed by atoms with E-state index < -0.39 is 0 Å². The zero-order valence-corrected chi connectivity index (χ0v) is 13.2. The minimum absolute atomic E-state index is 0.775. The van der Waals surface area contributed by atoms with Crippen molar-refractivity contribution in [2.75, 3.05) is 0 Å². The molecule has 22 heavy (non-hydrogen) atoms. The van der Waals surface area contributed by atoms with Crippen molar-refractivity contribution in [1.29, 1.82) is 0 Å². The Morgan fingerprint density at radius 3 is 2.82 bits per heavy atom. The number of aryl methyl sites for hydroxylation is 1. The first-order valence-electron chi connectivity index (χ1n) is 7.96. The molecule has 0 saturated carbocycles. The minimum atomic E-state index is 0.775. The van der Waals surface area contributed by atoms with E-state index in [1.807, 2.05) is 6.07 Å². The zero-order valence-electron chi connectivity index (χ0n) is 13.2. The number of rotatable bonds is 3. The number of nitrogens with zero attached hydrogens (tertiary/aromatic N) is 1. The van der Waals surface area contributed by atoms with Crippen molar-refractivity contribution in [3.05, 3.63) is 41.5 Å². The summed E-state index contributed by atoms with van der Waals surface area (Å²) in [4.78, 5) is 4.57. The van der Waals surface area contributed by atoms with Gasteiger partial charge < -0.3 is 9.15 Å². The van der Waals surface area contributed by atoms with Gasteiger partial charge in [0, 0.05) is 29.7 Å². The number of ether oxygens (including phenoxy) is 1. The predicted molar refractivity (Wildman–Crippen MR) is 89.0 cm³/mol. The molecule has 4 rings (SSSR count). The highest BCUT2D eigenvalue weighted by molar-refractivity contribution is 6.11. The lowest BCUT2D eigenvalue weighted by Crippen LogP contribution is -2.05. The molecule has 1 aliphatic heterocycles. The summed E-state index contributed by atoms with van der Waals surface area (Å²) < 4.78 is 12.1. The van der Waals surface area contributed by atoms with Crippen molar-refractivity contribution in [2.24, 2.45) is 0 Å². The van der Waals surface area contributed by atoms with E-state index in [-0.39, 0.29) is 0 Å². The Kier molecular flexibility index (Phi) is 2.96. The molecule has 0 aliphatic carbocycles. The number of benzene rings is 2. The summed E-state index contributed by atoms with van der Waals surface area (Å²) in [6.07, 6.45) is 2.83. The molecule has 0 bridgehead atoms. The normalized spacial score (nSPS) is 14.0. The van der Waals surface area contributed by atoms with Crippen LogP contribution in [0.15, 0.2) is 34.4 Å². The molecule has 112 valence electrons. The Bertz CT molecular complexity index is 918. The van der Waals surface area contributed by atoms with Crippen LogP contribution in [0.4, 0.5) is 0 Å². The quantitative estimate of drug-likeness (QED) is 0.642. The van der Waals surface area contributed by atoms with Gasteiger partial charge in [-0.25, -0.2) is 4.98 Å². The number of oxazole rings is 1. The lowest BCUT2D eigenvalue weighted by Gasteiger charge is -2.22. The highest BCUT2D eigenvalue weighted by Gasteiger charge is 2.22. The smallest absolute Gasteiger partial charge is 0.195 e. The first-order valence-corrected chi connectivity index (χ1v) is 7.96. The second-order valence-electron chi connectivity index (χ2n) is 5.81. The van der Waals surface area contributed by atoms with Crippen molar-refractivity contribution >= 4 is 27.4 Å². The van der Waals surface area contributed by atoms with Crippen molar-refractivity contribution < 1.29 is 9.15 Å². The Morgan fingerprint density at radius 2 is 2.05 bits per heavy atom. The van der Waals surface area contributed by atoms with Gasteiger partial charge in [0.15, 0.2) is 11.5 Å². The van der Waals surface area contributed by atoms with Crippen molar-refractivity contribution in [3.63, 3.8) is 0 Å². The molecule has 1 aromatic heterocycles. The van der Waals surface area contributed by atoms with Gasteiger partial charge in [0.25, 0.3) is 0 Å². The molecule has 0 amide bonds. The van der Waals surface area contributed by atoms with Crippen molar-refractivity contribution in [1.82, 2.24) is 4.98 Å². The van der Waals surface area contributed by atoms with E-state index in [0.717, 1.165) is 58.5 Å². The van der Waals surface area contributed by atoms with Crippen LogP contribution in [0.1, 0.15) is 45.1 Å². The number of hydrogen-bond donors (Lipinski definition) is 0. The highest BCUT2D eigenvalue weighted by atomic mass is 16.5. The fourth-order valence-corrected chi connectivity index (χ4v) is 3.24. The second-order valence-corrected chi connectivity index (χ2v) is 5.81. The molecular formula is C19H19NO2. The molecule has 0 atom stereocenters. The lowest BCUT2D eigenvalue weighted by atomic mass is 9.94. The Morgan fingerprint density at radius 1 is 1.18 bits per heavy atom. The van der Waals surface area contributed by atoms with Gasteiger partial charge in [-0.2, -0.15) is 0 Å². The van der Waals surface area contributed by atoms with Crippen LogP contribution in [-0.2, 0) is 6.42 Å². The van der Waals surface area contributed by atoms with Crippen LogP contribution in [0, 0.1) is 0 Å². The third-order valence-corrected chi connectivity index (χ3v) is 4.36. The number of hydrogen-bond acceptors (Lipinski definition) is 3. The van der Waals surface area contributed by atoms with Gasteiger partial charge in [-0.1, -0.05) is 32.0 Å². The van der Waals surface area contributed by atoms with Crippen LogP contribution in [0.3, 0.4) is 0 Å². The molecule has 3 nitrogen and oxygen atoms in total. The van der Waals surface area contributed by atoms with Gasteiger partial charge in [0.2, 0.25) is 0 Å². The summed E-state index contributed by atoms with van der Waals surface area (Å²) in [5.41, 5.74) is 4.23. The van der Waals surface area contributed by atoms with E-state index >= 15 is 0 Å². The molecule has 0 spiro atoms. The van der Waals surface area contributed by atoms with Crippen molar-refractivity contribution in [3.8, 4) is 5.75 Å². The summed E-state index contributed by atoms with van der Waals surface area (Å²) in [6.45, 7) is 6.37. The van der Waals surface area contributed by atoms with Crippen LogP contribution in [0.5, 0.6) is 5.75 Å². The average molecular weight is 293 g/mol. The fourth-order valence-electron chi connectivity index (χ4n) is 3.24. The molecule has 2 heterocycles. The van der Waals surface area contributed by atoms with E-state index in [0.29, 0.717) is 0 Å². The number of fused-ring (bicyclic) bond motifs is 2. The second kappa shape index (κ2) is 4.87. The van der Waals surface area contributed by atoms with Gasteiger partial charge in [-0.15, -0.1) is 0 Å². The third kappa shape index (κ3) is 1.78. The molecule has 3 heteroatoms. The molecule has 0 saturated heterocycles. The van der Waals surface area contributed by atoms with Gasteiger partial charge in [-0.05, 0) is 24.5 Å². The zero-order chi connectivity index (χ0) is 15.3. The monoisotopic (exact) mass is 293 g/mol. The third-order valence-electron chi connectivity index (χ3n) is 4.36. The Hall–Kier alpha value is -2.29. The van der Waals surface area contributed by atoms with E-state index in [4.69, 9.17) is 9.15 Å². The van der Waals surface area contributed by atoms with Crippen LogP contribution in [0.2, 0.25) is 0 Å². The molecule has 0 N–H and O–H groups in total. The van der Waals surface area contributed by atoms with Crippen LogP contribution < -0.4 is 4.74 Å². The number of aromatic nitrogens is 1. The Labute approximate surface area is 129 Å². The highest BCUT2D eigenvalue weighted by Crippen LogP contribution is 2.43. The minimum Gasteiger partial charge on any atom is -0.461 e. The summed E-state index contributed by atoms with van der Waals surface area (Å²) in [5.74, 6) is 2.75. The van der Waals surface area contributed by atoms with E-state index in [9.17, 15) is 0 Å².